The Morgan fingerprint density at radius 1 is 1.08 bits per heavy atom. The fraction of sp³-hybridized carbons (Fsp3) is 1.00. The van der Waals surface area contributed by atoms with Crippen molar-refractivity contribution in [1.29, 1.82) is 0 Å². The van der Waals surface area contributed by atoms with Crippen LogP contribution in [-0.2, 0) is 18.6 Å². The molecule has 0 N–H and O–H groups in total. The van der Waals surface area contributed by atoms with Crippen molar-refractivity contribution in [2.24, 2.45) is 5.41 Å². The molecule has 12 heavy (non-hydrogen) atoms. The Morgan fingerprint density at radius 3 is 1.42 bits per heavy atom. The number of hydrogen-bond acceptors (Lipinski definition) is 0. The quantitative estimate of drug-likeness (QED) is 0.643. The molecule has 0 saturated carbocycles. The van der Waals surface area contributed by atoms with Gasteiger partial charge in [0.1, 0.15) is 0 Å². The first kappa shape index (κ1) is 14.8. The first-order valence-corrected chi connectivity index (χ1v) is 3.35. The van der Waals surface area contributed by atoms with E-state index in [1.54, 1.807) is 0 Å². The van der Waals surface area contributed by atoms with Crippen LogP contribution < -0.4 is 0 Å². The monoisotopic (exact) mass is 219 g/mol. The molecule has 1 atom stereocenters. The van der Waals surface area contributed by atoms with E-state index in [2.05, 4.69) is 5.32 Å². The zero-order chi connectivity index (χ0) is 9.28. The van der Waals surface area contributed by atoms with Crippen LogP contribution in [-0.4, -0.2) is 19.3 Å². The van der Waals surface area contributed by atoms with Crippen molar-refractivity contribution in [3.05, 3.63) is 5.32 Å². The van der Waals surface area contributed by atoms with Crippen LogP contribution in [0.5, 0.6) is 0 Å². The second-order valence-electron chi connectivity index (χ2n) is 3.57. The van der Waals surface area contributed by atoms with Gasteiger partial charge < -0.3 is 5.32 Å². The molecule has 0 aromatic carbocycles. The Hall–Kier alpha value is 0.334. The summed E-state index contributed by atoms with van der Waals surface area (Å²) in [5.74, 6) is 0. The molecule has 0 saturated heterocycles. The average Bonchev–Trinajstić information content (AvgIpc) is 1.56. The maximum atomic E-state index is 12.1. The fourth-order valence-electron chi connectivity index (χ4n) is 1.02. The first-order valence-electron chi connectivity index (χ1n) is 3.35. The molecule has 1 unspecified atom stereocenters. The van der Waals surface area contributed by atoms with Crippen LogP contribution in [0.4, 0.5) is 13.2 Å². The van der Waals surface area contributed by atoms with Crippen molar-refractivity contribution in [2.75, 3.05) is 7.05 Å². The molecular weight excluding hydrogens is 206 g/mol. The van der Waals surface area contributed by atoms with Gasteiger partial charge >= 0.3 is 6.18 Å². The molecule has 0 rings (SSSR count). The zero-order valence-electron chi connectivity index (χ0n) is 7.61. The molecule has 1 radical (unpaired) electrons. The third-order valence-electron chi connectivity index (χ3n) is 1.39. The molecule has 73 valence electrons. The van der Waals surface area contributed by atoms with Crippen LogP contribution in [0.1, 0.15) is 20.8 Å². The fourth-order valence-corrected chi connectivity index (χ4v) is 1.02. The van der Waals surface area contributed by atoms with Crippen molar-refractivity contribution >= 4 is 0 Å². The van der Waals surface area contributed by atoms with Crippen LogP contribution >= 0.6 is 0 Å². The minimum Gasteiger partial charge on any atom is -0.654 e. The Kier molecular flexibility index (Phi) is 5.61. The van der Waals surface area contributed by atoms with Crippen molar-refractivity contribution in [1.82, 2.24) is 0 Å². The Labute approximate surface area is 83.0 Å². The van der Waals surface area contributed by atoms with Gasteiger partial charge in [-0.2, -0.15) is 20.2 Å². The normalized spacial score (nSPS) is 15.2. The van der Waals surface area contributed by atoms with Gasteiger partial charge in [-0.05, 0) is 11.5 Å². The molecule has 0 heterocycles. The average molecular weight is 219 g/mol. The molecule has 0 aliphatic carbocycles. The van der Waals surface area contributed by atoms with E-state index in [-0.39, 0.29) is 18.6 Å². The molecular formula is C7H13F3NV-. The molecule has 5 heteroatoms. The molecule has 0 amide bonds. The van der Waals surface area contributed by atoms with Gasteiger partial charge in [0.15, 0.2) is 0 Å². The van der Waals surface area contributed by atoms with Gasteiger partial charge in [-0.3, -0.25) is 0 Å². The maximum Gasteiger partial charge on any atom is 0.374 e. The Morgan fingerprint density at radius 2 is 1.42 bits per heavy atom. The van der Waals surface area contributed by atoms with Gasteiger partial charge in [0, 0.05) is 18.6 Å². The van der Waals surface area contributed by atoms with Crippen molar-refractivity contribution < 1.29 is 31.7 Å². The van der Waals surface area contributed by atoms with E-state index in [0.717, 1.165) is 0 Å². The van der Waals surface area contributed by atoms with Gasteiger partial charge in [0.2, 0.25) is 0 Å². The van der Waals surface area contributed by atoms with Gasteiger partial charge in [-0.1, -0.05) is 20.8 Å². The van der Waals surface area contributed by atoms with Crippen LogP contribution in [0, 0.1) is 5.41 Å². The molecule has 0 aliphatic rings. The van der Waals surface area contributed by atoms with E-state index in [4.69, 9.17) is 0 Å². The Balaban J connectivity index is 0. The summed E-state index contributed by atoms with van der Waals surface area (Å²) in [6.45, 7) is 4.58. The molecule has 0 bridgehead atoms. The second-order valence-corrected chi connectivity index (χ2v) is 3.57. The number of rotatable bonds is 1. The molecule has 0 aromatic heterocycles. The minimum atomic E-state index is -4.22. The van der Waals surface area contributed by atoms with Gasteiger partial charge in [-0.25, -0.2) is 0 Å². The second kappa shape index (κ2) is 4.54. The smallest absolute Gasteiger partial charge is 0.374 e. The van der Waals surface area contributed by atoms with Gasteiger partial charge in [-0.15, -0.1) is 0 Å². The SMILES string of the molecule is C[N-]C(C(C)(C)C)C(F)(F)F.[V]. The van der Waals surface area contributed by atoms with Crippen molar-refractivity contribution in [3.8, 4) is 0 Å². The summed E-state index contributed by atoms with van der Waals surface area (Å²) in [5.41, 5.74) is -0.840. The summed E-state index contributed by atoms with van der Waals surface area (Å²) in [6.07, 6.45) is -4.22. The predicted octanol–water partition coefficient (Wildman–Crippen LogP) is 2.96. The van der Waals surface area contributed by atoms with Crippen LogP contribution in [0.2, 0.25) is 0 Å². The van der Waals surface area contributed by atoms with E-state index in [1.165, 1.54) is 27.8 Å². The third-order valence-corrected chi connectivity index (χ3v) is 1.39. The summed E-state index contributed by atoms with van der Waals surface area (Å²) in [7, 11) is 1.20. The van der Waals surface area contributed by atoms with Gasteiger partial charge in [0.05, 0.1) is 0 Å². The van der Waals surface area contributed by atoms with E-state index in [0.29, 0.717) is 0 Å². The van der Waals surface area contributed by atoms with Crippen molar-refractivity contribution in [2.45, 2.75) is 33.0 Å². The largest absolute Gasteiger partial charge is 0.654 e. The van der Waals surface area contributed by atoms with E-state index in [1.807, 2.05) is 0 Å². The predicted molar refractivity (Wildman–Crippen MR) is 38.6 cm³/mol. The van der Waals surface area contributed by atoms with Crippen LogP contribution in [0.3, 0.4) is 0 Å². The number of nitrogens with zero attached hydrogens (tertiary/aromatic N) is 1. The summed E-state index contributed by atoms with van der Waals surface area (Å²) in [4.78, 5) is 0. The minimum absolute atomic E-state index is 0. The molecule has 0 fully saturated rings. The molecule has 0 aliphatic heterocycles. The summed E-state index contributed by atoms with van der Waals surface area (Å²) >= 11 is 0. The molecule has 0 spiro atoms. The Bertz CT molecular complexity index is 114. The van der Waals surface area contributed by atoms with Crippen molar-refractivity contribution in [3.63, 3.8) is 0 Å². The van der Waals surface area contributed by atoms with E-state index in [9.17, 15) is 13.2 Å². The van der Waals surface area contributed by atoms with E-state index >= 15 is 0 Å². The summed E-state index contributed by atoms with van der Waals surface area (Å²) in [6, 6.07) is -1.56. The number of hydrogen-bond donors (Lipinski definition) is 0. The topological polar surface area (TPSA) is 14.1 Å². The van der Waals surface area contributed by atoms with Gasteiger partial charge in [0.25, 0.3) is 0 Å². The number of alkyl halides is 3. The summed E-state index contributed by atoms with van der Waals surface area (Å²) < 4.78 is 36.4. The molecule has 1 nitrogen and oxygen atoms in total. The maximum absolute atomic E-state index is 12.1. The summed E-state index contributed by atoms with van der Waals surface area (Å²) in [5, 5.41) is 3.31. The van der Waals surface area contributed by atoms with Crippen LogP contribution in [0.15, 0.2) is 0 Å². The van der Waals surface area contributed by atoms with Crippen LogP contribution in [0.25, 0.3) is 5.32 Å². The standard InChI is InChI=1S/C7H13F3N.V/c1-6(2,3)5(11-4)7(8,9)10;/h5H,1-4H3;/q-1;. The first-order chi connectivity index (χ1) is 4.69. The molecule has 0 aromatic rings. The third kappa shape index (κ3) is 4.38. The zero-order valence-corrected chi connectivity index (χ0v) is 9.00. The number of halogens is 3. The van der Waals surface area contributed by atoms with E-state index < -0.39 is 17.6 Å².